The second kappa shape index (κ2) is 8.03. The normalized spacial score (nSPS) is 27.0. The minimum absolute atomic E-state index is 0.136. The smallest absolute Gasteiger partial charge is 0.335 e. The molecule has 0 saturated heterocycles. The molecule has 0 bridgehead atoms. The Bertz CT molecular complexity index is 1010. The molecule has 0 aromatic heterocycles. The van der Waals surface area contributed by atoms with Crippen LogP contribution < -0.4 is 15.4 Å². The van der Waals surface area contributed by atoms with E-state index in [1.807, 2.05) is 12.1 Å². The molecule has 1 unspecified atom stereocenters. The lowest BCUT2D eigenvalue weighted by Gasteiger charge is -2.44. The molecule has 0 amide bonds. The number of benzene rings is 2. The number of nitrogens with two attached hydrogens (primary N) is 1. The number of rotatable bonds is 4. The third-order valence-electron chi connectivity index (χ3n) is 7.62. The summed E-state index contributed by atoms with van der Waals surface area (Å²) in [5, 5.41) is 10.3. The summed E-state index contributed by atoms with van der Waals surface area (Å²) in [6.07, 6.45) is 5.52. The predicted octanol–water partition coefficient (Wildman–Crippen LogP) is 4.50. The Labute approximate surface area is 188 Å². The van der Waals surface area contributed by atoms with Crippen molar-refractivity contribution in [3.63, 3.8) is 0 Å². The number of anilines is 1. The number of hydrogen-bond donors (Lipinski definition) is 2. The van der Waals surface area contributed by atoms with Gasteiger partial charge in [-0.3, -0.25) is 0 Å². The van der Waals surface area contributed by atoms with Crippen molar-refractivity contribution in [2.24, 2.45) is 17.6 Å². The van der Waals surface area contributed by atoms with Gasteiger partial charge in [-0.1, -0.05) is 17.7 Å². The van der Waals surface area contributed by atoms with Gasteiger partial charge in [-0.05, 0) is 91.9 Å². The lowest BCUT2D eigenvalue weighted by molar-refractivity contribution is 0.0697. The zero-order valence-corrected chi connectivity index (χ0v) is 18.4. The van der Waals surface area contributed by atoms with Crippen LogP contribution in [-0.2, 0) is 11.8 Å². The lowest BCUT2D eigenvalue weighted by atomic mass is 9.69. The molecule has 5 rings (SSSR count). The highest BCUT2D eigenvalue weighted by atomic mass is 35.5. The first kappa shape index (κ1) is 20.7. The molecule has 1 spiro atoms. The van der Waals surface area contributed by atoms with Gasteiger partial charge in [-0.2, -0.15) is 0 Å². The molecule has 164 valence electrons. The number of carboxylic acid groups (broad SMARTS) is 1. The van der Waals surface area contributed by atoms with Gasteiger partial charge in [0.05, 0.1) is 17.9 Å². The average Bonchev–Trinajstić information content (AvgIpc) is 2.89. The van der Waals surface area contributed by atoms with E-state index in [1.165, 1.54) is 24.0 Å². The van der Waals surface area contributed by atoms with Crippen LogP contribution in [-0.4, -0.2) is 37.3 Å². The Kier molecular flexibility index (Phi) is 5.35. The van der Waals surface area contributed by atoms with E-state index in [1.54, 1.807) is 12.1 Å². The van der Waals surface area contributed by atoms with Crippen molar-refractivity contribution in [3.05, 3.63) is 58.1 Å². The molecule has 1 saturated carbocycles. The first-order chi connectivity index (χ1) is 15.0. The third-order valence-corrected chi connectivity index (χ3v) is 7.85. The van der Waals surface area contributed by atoms with Crippen molar-refractivity contribution in [1.29, 1.82) is 0 Å². The van der Waals surface area contributed by atoms with Crippen LogP contribution in [0.1, 0.15) is 47.2 Å². The molecule has 1 fully saturated rings. The number of aryl methyl sites for hydroxylation is 1. The maximum atomic E-state index is 11.7. The third kappa shape index (κ3) is 3.68. The van der Waals surface area contributed by atoms with Crippen molar-refractivity contribution in [2.75, 3.05) is 31.1 Å². The average molecular weight is 441 g/mol. The van der Waals surface area contributed by atoms with Gasteiger partial charge in [0, 0.05) is 23.5 Å². The fraction of sp³-hybridized carbons (Fsp3) is 0.480. The number of hydrogen-bond acceptors (Lipinski definition) is 4. The fourth-order valence-electron chi connectivity index (χ4n) is 5.72. The summed E-state index contributed by atoms with van der Waals surface area (Å²) >= 11 is 6.30. The van der Waals surface area contributed by atoms with Crippen LogP contribution in [0.15, 0.2) is 36.4 Å². The minimum atomic E-state index is -0.914. The number of carboxylic acids is 1. The molecular formula is C25H29ClN2O3. The van der Waals surface area contributed by atoms with Crippen LogP contribution in [0.5, 0.6) is 5.75 Å². The molecule has 0 radical (unpaired) electrons. The Morgan fingerprint density at radius 2 is 2.06 bits per heavy atom. The molecule has 2 aliphatic carbocycles. The molecule has 6 heteroatoms. The maximum Gasteiger partial charge on any atom is 0.335 e. The van der Waals surface area contributed by atoms with Crippen molar-refractivity contribution < 1.29 is 14.6 Å². The molecule has 1 aliphatic heterocycles. The summed E-state index contributed by atoms with van der Waals surface area (Å²) in [6.45, 7) is 2.99. The van der Waals surface area contributed by atoms with E-state index in [-0.39, 0.29) is 5.41 Å². The maximum absolute atomic E-state index is 11.7. The van der Waals surface area contributed by atoms with Crippen molar-refractivity contribution >= 4 is 23.3 Å². The number of carbonyl (C=O) groups is 1. The first-order valence-electron chi connectivity index (χ1n) is 11.2. The van der Waals surface area contributed by atoms with Gasteiger partial charge >= 0.3 is 5.97 Å². The lowest BCUT2D eigenvalue weighted by Crippen LogP contribution is -2.49. The quantitative estimate of drug-likeness (QED) is 0.732. The molecule has 1 heterocycles. The molecule has 3 atom stereocenters. The molecule has 2 aromatic rings. The van der Waals surface area contributed by atoms with Gasteiger partial charge in [-0.25, -0.2) is 4.79 Å². The largest absolute Gasteiger partial charge is 0.490 e. The van der Waals surface area contributed by atoms with Crippen LogP contribution in [0, 0.1) is 11.8 Å². The van der Waals surface area contributed by atoms with E-state index in [2.05, 4.69) is 17.0 Å². The summed E-state index contributed by atoms with van der Waals surface area (Å²) < 4.78 is 6.39. The summed E-state index contributed by atoms with van der Waals surface area (Å²) in [5.74, 6) is 0.938. The highest BCUT2D eigenvalue weighted by molar-refractivity contribution is 6.30. The van der Waals surface area contributed by atoms with Gasteiger partial charge in [0.1, 0.15) is 5.75 Å². The number of ether oxygens (including phenoxy) is 1. The van der Waals surface area contributed by atoms with E-state index in [9.17, 15) is 9.90 Å². The molecular weight excluding hydrogens is 412 g/mol. The van der Waals surface area contributed by atoms with Gasteiger partial charge in [-0.15, -0.1) is 0 Å². The van der Waals surface area contributed by atoms with E-state index < -0.39 is 5.97 Å². The highest BCUT2D eigenvalue weighted by Crippen LogP contribution is 2.46. The Balaban J connectivity index is 1.56. The monoisotopic (exact) mass is 440 g/mol. The van der Waals surface area contributed by atoms with E-state index >= 15 is 0 Å². The fourth-order valence-corrected chi connectivity index (χ4v) is 5.91. The molecule has 5 nitrogen and oxygen atoms in total. The summed E-state index contributed by atoms with van der Waals surface area (Å²) in [6, 6.07) is 11.5. The van der Waals surface area contributed by atoms with Gasteiger partial charge < -0.3 is 20.5 Å². The van der Waals surface area contributed by atoms with Crippen molar-refractivity contribution in [3.8, 4) is 5.75 Å². The SMILES string of the molecule is NC[C@@H]1CC[C@H]1CN1CC2(CCCc3cc(Cl)ccc32)COc2ccc(C(=O)O)cc21. The topological polar surface area (TPSA) is 75.8 Å². The van der Waals surface area contributed by atoms with E-state index in [0.717, 1.165) is 48.8 Å². The molecule has 3 aliphatic rings. The van der Waals surface area contributed by atoms with E-state index in [0.29, 0.717) is 30.6 Å². The molecule has 31 heavy (non-hydrogen) atoms. The molecule has 3 N–H and O–H groups in total. The zero-order valence-electron chi connectivity index (χ0n) is 17.6. The van der Waals surface area contributed by atoms with Crippen LogP contribution in [0.3, 0.4) is 0 Å². The minimum Gasteiger partial charge on any atom is -0.490 e. The number of aromatic carboxylic acids is 1. The number of fused-ring (bicyclic) bond motifs is 3. The van der Waals surface area contributed by atoms with Crippen molar-refractivity contribution in [1.82, 2.24) is 0 Å². The standard InChI is InChI=1S/C25H29ClN2O3/c26-20-6-7-21-16(10-20)2-1-9-25(21)14-28(13-19-4-3-18(19)12-27)22-11-17(24(29)30)5-8-23(22)31-15-25/h5-8,10-11,18-19H,1-4,9,12-15,27H2,(H,29,30)/t18-,19-,25?/m0/s1. The van der Waals surface area contributed by atoms with Gasteiger partial charge in [0.25, 0.3) is 0 Å². The summed E-state index contributed by atoms with van der Waals surface area (Å²) in [4.78, 5) is 14.0. The van der Waals surface area contributed by atoms with Gasteiger partial charge in [0.2, 0.25) is 0 Å². The summed E-state index contributed by atoms with van der Waals surface area (Å²) in [5.41, 5.74) is 9.68. The van der Waals surface area contributed by atoms with Crippen LogP contribution >= 0.6 is 11.6 Å². The zero-order chi connectivity index (χ0) is 21.6. The Hall–Kier alpha value is -2.24. The second-order valence-corrected chi connectivity index (χ2v) is 9.86. The summed E-state index contributed by atoms with van der Waals surface area (Å²) in [7, 11) is 0. The van der Waals surface area contributed by atoms with Crippen LogP contribution in [0.2, 0.25) is 5.02 Å². The Morgan fingerprint density at radius 3 is 2.81 bits per heavy atom. The van der Waals surface area contributed by atoms with Crippen LogP contribution in [0.4, 0.5) is 5.69 Å². The second-order valence-electron chi connectivity index (χ2n) is 9.43. The number of nitrogens with zero attached hydrogens (tertiary/aromatic N) is 1. The number of halogens is 1. The van der Waals surface area contributed by atoms with Crippen LogP contribution in [0.25, 0.3) is 0 Å². The predicted molar refractivity (Wildman–Crippen MR) is 122 cm³/mol. The highest BCUT2D eigenvalue weighted by Gasteiger charge is 2.43. The Morgan fingerprint density at radius 1 is 1.23 bits per heavy atom. The first-order valence-corrected chi connectivity index (χ1v) is 11.6. The van der Waals surface area contributed by atoms with Crippen molar-refractivity contribution in [2.45, 2.75) is 37.5 Å². The molecule has 2 aromatic carbocycles. The van der Waals surface area contributed by atoms with E-state index in [4.69, 9.17) is 22.1 Å². The van der Waals surface area contributed by atoms with Gasteiger partial charge in [0.15, 0.2) is 0 Å².